The third-order valence-electron chi connectivity index (χ3n) is 2.08. The van der Waals surface area contributed by atoms with Crippen molar-refractivity contribution in [2.45, 2.75) is 52.5 Å². The van der Waals surface area contributed by atoms with Gasteiger partial charge in [-0.3, -0.25) is 9.59 Å². The molecule has 0 saturated carbocycles. The van der Waals surface area contributed by atoms with Crippen LogP contribution in [0.1, 0.15) is 47.0 Å². The van der Waals surface area contributed by atoms with Gasteiger partial charge in [-0.25, -0.2) is 0 Å². The van der Waals surface area contributed by atoms with E-state index in [1.54, 1.807) is 0 Å². The van der Waals surface area contributed by atoms with Crippen LogP contribution >= 0.6 is 0 Å². The van der Waals surface area contributed by atoms with Crippen LogP contribution in [-0.2, 0) is 9.59 Å². The average Bonchev–Trinajstić information content (AvgIpc) is 2.01. The summed E-state index contributed by atoms with van der Waals surface area (Å²) in [5, 5.41) is 5.54. The molecule has 0 aromatic rings. The van der Waals surface area contributed by atoms with E-state index in [1.165, 1.54) is 6.92 Å². The summed E-state index contributed by atoms with van der Waals surface area (Å²) in [4.78, 5) is 22.0. The summed E-state index contributed by atoms with van der Waals surface area (Å²) in [6.45, 7) is 7.95. The molecule has 4 nitrogen and oxygen atoms in total. The van der Waals surface area contributed by atoms with E-state index in [9.17, 15) is 9.59 Å². The van der Waals surface area contributed by atoms with Crippen LogP contribution in [0.5, 0.6) is 0 Å². The molecule has 2 amide bonds. The smallest absolute Gasteiger partial charge is 0.222 e. The second-order valence-corrected chi connectivity index (χ2v) is 4.42. The van der Waals surface area contributed by atoms with Gasteiger partial charge in [-0.1, -0.05) is 13.3 Å². The van der Waals surface area contributed by atoms with Gasteiger partial charge in [0.1, 0.15) is 0 Å². The van der Waals surface area contributed by atoms with Crippen molar-refractivity contribution in [2.75, 3.05) is 6.54 Å². The van der Waals surface area contributed by atoms with Crippen molar-refractivity contribution in [3.8, 4) is 0 Å². The molecular weight excluding hydrogens is 192 g/mol. The molecule has 0 radical (unpaired) electrons. The highest BCUT2D eigenvalue weighted by molar-refractivity contribution is 5.78. The summed E-state index contributed by atoms with van der Waals surface area (Å²) in [6, 6.07) is 0. The molecule has 0 aliphatic heterocycles. The van der Waals surface area contributed by atoms with Crippen LogP contribution in [0.25, 0.3) is 0 Å². The predicted molar refractivity (Wildman–Crippen MR) is 60.4 cm³/mol. The Kier molecular flexibility index (Phi) is 5.97. The number of hydrogen-bond acceptors (Lipinski definition) is 2. The molecule has 4 heteroatoms. The first-order valence-corrected chi connectivity index (χ1v) is 5.43. The summed E-state index contributed by atoms with van der Waals surface area (Å²) < 4.78 is 0. The molecule has 0 rings (SSSR count). The van der Waals surface area contributed by atoms with Crippen LogP contribution in [0.15, 0.2) is 0 Å². The third-order valence-corrected chi connectivity index (χ3v) is 2.08. The van der Waals surface area contributed by atoms with Gasteiger partial charge in [0.05, 0.1) is 0 Å². The summed E-state index contributed by atoms with van der Waals surface area (Å²) in [5.74, 6) is -0.113. The van der Waals surface area contributed by atoms with Crippen molar-refractivity contribution in [3.05, 3.63) is 0 Å². The lowest BCUT2D eigenvalue weighted by molar-refractivity contribution is -0.123. The number of carbonyl (C=O) groups is 2. The van der Waals surface area contributed by atoms with E-state index in [2.05, 4.69) is 17.6 Å². The molecule has 0 aliphatic carbocycles. The van der Waals surface area contributed by atoms with Gasteiger partial charge in [0.25, 0.3) is 0 Å². The van der Waals surface area contributed by atoms with Gasteiger partial charge in [-0.15, -0.1) is 0 Å². The minimum absolute atomic E-state index is 0.0119. The zero-order valence-electron chi connectivity index (χ0n) is 10.1. The van der Waals surface area contributed by atoms with Crippen molar-refractivity contribution in [2.24, 2.45) is 0 Å². The number of hydrogen-bond donors (Lipinski definition) is 2. The Morgan fingerprint density at radius 1 is 1.27 bits per heavy atom. The third kappa shape index (κ3) is 7.97. The summed E-state index contributed by atoms with van der Waals surface area (Å²) >= 11 is 0. The molecule has 0 heterocycles. The zero-order chi connectivity index (χ0) is 11.9. The molecule has 0 aromatic heterocycles. The van der Waals surface area contributed by atoms with Crippen molar-refractivity contribution in [1.82, 2.24) is 10.6 Å². The molecule has 88 valence electrons. The first-order chi connectivity index (χ1) is 6.87. The van der Waals surface area contributed by atoms with E-state index in [0.29, 0.717) is 13.0 Å². The van der Waals surface area contributed by atoms with Crippen LogP contribution in [0.3, 0.4) is 0 Å². The van der Waals surface area contributed by atoms with Crippen molar-refractivity contribution >= 4 is 11.8 Å². The van der Waals surface area contributed by atoms with Crippen molar-refractivity contribution < 1.29 is 9.59 Å². The number of nitrogens with one attached hydrogen (secondary N) is 2. The highest BCUT2D eigenvalue weighted by atomic mass is 16.2. The van der Waals surface area contributed by atoms with Gasteiger partial charge < -0.3 is 10.6 Å². The minimum atomic E-state index is -0.151. The number of rotatable bonds is 6. The zero-order valence-corrected chi connectivity index (χ0v) is 10.1. The van der Waals surface area contributed by atoms with Gasteiger partial charge in [0, 0.05) is 25.4 Å². The average molecular weight is 214 g/mol. The maximum atomic E-state index is 11.5. The lowest BCUT2D eigenvalue weighted by atomic mass is 9.99. The van der Waals surface area contributed by atoms with Crippen LogP contribution in [0, 0.1) is 0 Å². The molecule has 0 atom stereocenters. The Labute approximate surface area is 91.8 Å². The molecule has 2 N–H and O–H groups in total. The summed E-state index contributed by atoms with van der Waals surface area (Å²) in [5.41, 5.74) is -0.151. The molecule has 15 heavy (non-hydrogen) atoms. The van der Waals surface area contributed by atoms with E-state index in [4.69, 9.17) is 0 Å². The van der Waals surface area contributed by atoms with Crippen LogP contribution < -0.4 is 10.6 Å². The number of carbonyl (C=O) groups excluding carboxylic acids is 2. The van der Waals surface area contributed by atoms with Crippen molar-refractivity contribution in [1.29, 1.82) is 0 Å². The standard InChI is InChI=1S/C11H22N2O2/c1-5-7-11(3,4)13-10(15)6-8-12-9(2)14/h5-8H2,1-4H3,(H,12,14)(H,13,15). The van der Waals surface area contributed by atoms with Gasteiger partial charge in [-0.05, 0) is 20.3 Å². The lowest BCUT2D eigenvalue weighted by Gasteiger charge is -2.25. The van der Waals surface area contributed by atoms with Crippen LogP contribution in [0.4, 0.5) is 0 Å². The maximum absolute atomic E-state index is 11.5. The Bertz CT molecular complexity index is 225. The quantitative estimate of drug-likeness (QED) is 0.698. The molecule has 0 spiro atoms. The van der Waals surface area contributed by atoms with E-state index < -0.39 is 0 Å². The molecule has 0 bridgehead atoms. The molecular formula is C11H22N2O2. The van der Waals surface area contributed by atoms with Gasteiger partial charge >= 0.3 is 0 Å². The van der Waals surface area contributed by atoms with E-state index in [1.807, 2.05) is 13.8 Å². The topological polar surface area (TPSA) is 58.2 Å². The van der Waals surface area contributed by atoms with E-state index >= 15 is 0 Å². The molecule has 0 saturated heterocycles. The molecule has 0 aromatic carbocycles. The highest BCUT2D eigenvalue weighted by Gasteiger charge is 2.18. The number of amides is 2. The SMILES string of the molecule is CCCC(C)(C)NC(=O)CCNC(C)=O. The van der Waals surface area contributed by atoms with Crippen LogP contribution in [0.2, 0.25) is 0 Å². The van der Waals surface area contributed by atoms with Crippen LogP contribution in [-0.4, -0.2) is 23.9 Å². The second-order valence-electron chi connectivity index (χ2n) is 4.42. The Balaban J connectivity index is 3.77. The monoisotopic (exact) mass is 214 g/mol. The fourth-order valence-electron chi connectivity index (χ4n) is 1.48. The molecule has 0 fully saturated rings. The second kappa shape index (κ2) is 6.43. The maximum Gasteiger partial charge on any atom is 0.222 e. The Morgan fingerprint density at radius 2 is 1.87 bits per heavy atom. The fourth-order valence-corrected chi connectivity index (χ4v) is 1.48. The van der Waals surface area contributed by atoms with E-state index in [-0.39, 0.29) is 17.4 Å². The van der Waals surface area contributed by atoms with Gasteiger partial charge in [-0.2, -0.15) is 0 Å². The normalized spacial score (nSPS) is 10.9. The molecule has 0 aliphatic rings. The van der Waals surface area contributed by atoms with Gasteiger partial charge in [0.15, 0.2) is 0 Å². The highest BCUT2D eigenvalue weighted by Crippen LogP contribution is 2.10. The fraction of sp³-hybridized carbons (Fsp3) is 0.818. The molecule has 0 unspecified atom stereocenters. The summed E-state index contributed by atoms with van der Waals surface area (Å²) in [7, 11) is 0. The largest absolute Gasteiger partial charge is 0.356 e. The summed E-state index contributed by atoms with van der Waals surface area (Å²) in [6.07, 6.45) is 2.34. The van der Waals surface area contributed by atoms with Crippen molar-refractivity contribution in [3.63, 3.8) is 0 Å². The Hall–Kier alpha value is -1.06. The van der Waals surface area contributed by atoms with E-state index in [0.717, 1.165) is 12.8 Å². The first kappa shape index (κ1) is 13.9. The van der Waals surface area contributed by atoms with Gasteiger partial charge in [0.2, 0.25) is 11.8 Å². The minimum Gasteiger partial charge on any atom is -0.356 e. The predicted octanol–water partition coefficient (Wildman–Crippen LogP) is 1.21. The lowest BCUT2D eigenvalue weighted by Crippen LogP contribution is -2.44. The Morgan fingerprint density at radius 3 is 2.33 bits per heavy atom. The first-order valence-electron chi connectivity index (χ1n) is 5.43.